The molecule has 1 N–H and O–H groups in total. The number of para-hydroxylation sites is 1. The zero-order chi connectivity index (χ0) is 20.8. The maximum atomic E-state index is 12.9. The molecule has 1 atom stereocenters. The Kier molecular flexibility index (Phi) is 7.13. The molecule has 6 heteroatoms. The lowest BCUT2D eigenvalue weighted by atomic mass is 9.99. The first-order valence-electron chi connectivity index (χ1n) is 11.0. The number of amides is 2. The van der Waals surface area contributed by atoms with Gasteiger partial charge in [-0.25, -0.2) is 4.79 Å². The number of hydrogen-bond acceptors (Lipinski definition) is 3. The third-order valence-electron chi connectivity index (χ3n) is 6.26. The molecule has 4 rings (SSSR count). The number of benzene rings is 2. The molecular formula is C24H31ClN4O. The third-order valence-corrected chi connectivity index (χ3v) is 6.51. The standard InChI is InChI=1S/C24H31ClN4O/c25-20-9-11-21(12-10-20)26-24(30)29-14-5-4-8-23(29)13-15-27-16-18-28(19-17-27)22-6-2-1-3-7-22/h1-3,6-7,9-12,23H,4-5,8,13-19H2,(H,26,30). The summed E-state index contributed by atoms with van der Waals surface area (Å²) in [7, 11) is 0. The number of carbonyl (C=O) groups is 1. The summed E-state index contributed by atoms with van der Waals surface area (Å²) in [5, 5.41) is 3.72. The molecule has 1 unspecified atom stereocenters. The summed E-state index contributed by atoms with van der Waals surface area (Å²) in [6.45, 7) is 6.19. The van der Waals surface area contributed by atoms with Crippen LogP contribution in [0, 0.1) is 0 Å². The van der Waals surface area contributed by atoms with Crippen molar-refractivity contribution in [3.8, 4) is 0 Å². The Morgan fingerprint density at radius 1 is 0.933 bits per heavy atom. The molecule has 2 aromatic rings. The summed E-state index contributed by atoms with van der Waals surface area (Å²) in [5.41, 5.74) is 2.11. The highest BCUT2D eigenvalue weighted by Crippen LogP contribution is 2.23. The lowest BCUT2D eigenvalue weighted by Crippen LogP contribution is -2.50. The monoisotopic (exact) mass is 426 g/mol. The van der Waals surface area contributed by atoms with Crippen LogP contribution in [0.25, 0.3) is 0 Å². The molecule has 160 valence electrons. The van der Waals surface area contributed by atoms with Crippen molar-refractivity contribution in [2.75, 3.05) is 49.5 Å². The number of hydrogen-bond donors (Lipinski definition) is 1. The minimum absolute atomic E-state index is 0.0101. The number of piperazine rings is 1. The zero-order valence-electron chi connectivity index (χ0n) is 17.5. The molecule has 0 saturated carbocycles. The minimum atomic E-state index is 0.0101. The van der Waals surface area contributed by atoms with Gasteiger partial charge in [-0.3, -0.25) is 4.90 Å². The molecule has 2 fully saturated rings. The van der Waals surface area contributed by atoms with E-state index in [1.165, 1.54) is 12.1 Å². The van der Waals surface area contributed by atoms with Crippen LogP contribution in [0.4, 0.5) is 16.2 Å². The van der Waals surface area contributed by atoms with E-state index in [0.29, 0.717) is 11.1 Å². The average molecular weight is 427 g/mol. The molecule has 0 aliphatic carbocycles. The molecule has 2 saturated heterocycles. The second-order valence-electron chi connectivity index (χ2n) is 8.23. The third kappa shape index (κ3) is 5.46. The van der Waals surface area contributed by atoms with Crippen LogP contribution in [-0.4, -0.2) is 61.1 Å². The van der Waals surface area contributed by atoms with Crippen LogP contribution in [-0.2, 0) is 0 Å². The van der Waals surface area contributed by atoms with Gasteiger partial charge in [0.1, 0.15) is 0 Å². The van der Waals surface area contributed by atoms with Gasteiger partial charge in [-0.15, -0.1) is 0 Å². The van der Waals surface area contributed by atoms with E-state index in [9.17, 15) is 4.79 Å². The zero-order valence-corrected chi connectivity index (χ0v) is 18.2. The summed E-state index contributed by atoms with van der Waals surface area (Å²) in [6.07, 6.45) is 4.43. The molecule has 2 aliphatic rings. The fraction of sp³-hybridized carbons (Fsp3) is 0.458. The molecule has 30 heavy (non-hydrogen) atoms. The lowest BCUT2D eigenvalue weighted by molar-refractivity contribution is 0.144. The predicted molar refractivity (Wildman–Crippen MR) is 125 cm³/mol. The Labute approximate surface area is 184 Å². The van der Waals surface area contributed by atoms with Crippen molar-refractivity contribution >= 4 is 29.0 Å². The highest BCUT2D eigenvalue weighted by Gasteiger charge is 2.27. The lowest BCUT2D eigenvalue weighted by Gasteiger charge is -2.39. The first-order valence-corrected chi connectivity index (χ1v) is 11.4. The van der Waals surface area contributed by atoms with Crippen molar-refractivity contribution in [1.29, 1.82) is 0 Å². The highest BCUT2D eigenvalue weighted by molar-refractivity contribution is 6.30. The van der Waals surface area contributed by atoms with Gasteiger partial charge in [0.2, 0.25) is 0 Å². The van der Waals surface area contributed by atoms with Gasteiger partial charge >= 0.3 is 6.03 Å². The van der Waals surface area contributed by atoms with Crippen LogP contribution in [0.15, 0.2) is 54.6 Å². The minimum Gasteiger partial charge on any atom is -0.369 e. The summed E-state index contributed by atoms with van der Waals surface area (Å²) in [5.74, 6) is 0. The molecule has 5 nitrogen and oxygen atoms in total. The SMILES string of the molecule is O=C(Nc1ccc(Cl)cc1)N1CCCCC1CCN1CCN(c2ccccc2)CC1. The second kappa shape index (κ2) is 10.2. The molecule has 2 aliphatic heterocycles. The van der Waals surface area contributed by atoms with Crippen LogP contribution in [0.5, 0.6) is 0 Å². The van der Waals surface area contributed by atoms with Crippen LogP contribution in [0.2, 0.25) is 5.02 Å². The molecule has 2 amide bonds. The Hall–Kier alpha value is -2.24. The fourth-order valence-corrected chi connectivity index (χ4v) is 4.62. The molecule has 2 heterocycles. The average Bonchev–Trinajstić information content (AvgIpc) is 2.80. The van der Waals surface area contributed by atoms with Crippen LogP contribution in [0.3, 0.4) is 0 Å². The van der Waals surface area contributed by atoms with Crippen LogP contribution >= 0.6 is 11.6 Å². The highest BCUT2D eigenvalue weighted by atomic mass is 35.5. The van der Waals surface area contributed by atoms with Gasteiger partial charge in [0, 0.05) is 61.7 Å². The van der Waals surface area contributed by atoms with Crippen molar-refractivity contribution in [2.24, 2.45) is 0 Å². The Morgan fingerprint density at radius 3 is 2.40 bits per heavy atom. The van der Waals surface area contributed by atoms with Gasteiger partial charge in [-0.1, -0.05) is 29.8 Å². The molecule has 2 aromatic carbocycles. The number of anilines is 2. The van der Waals surface area contributed by atoms with E-state index in [0.717, 1.165) is 64.2 Å². The van der Waals surface area contributed by atoms with Crippen molar-refractivity contribution in [2.45, 2.75) is 31.7 Å². The van der Waals surface area contributed by atoms with Gasteiger partial charge < -0.3 is 15.1 Å². The Balaban J connectivity index is 1.26. The van der Waals surface area contributed by atoms with E-state index in [2.05, 4.69) is 45.4 Å². The number of nitrogens with zero attached hydrogens (tertiary/aromatic N) is 3. The Morgan fingerprint density at radius 2 is 1.67 bits per heavy atom. The van der Waals surface area contributed by atoms with E-state index in [4.69, 9.17) is 11.6 Å². The van der Waals surface area contributed by atoms with Crippen molar-refractivity contribution in [1.82, 2.24) is 9.80 Å². The summed E-state index contributed by atoms with van der Waals surface area (Å²) in [4.78, 5) is 19.9. The normalized spacial score (nSPS) is 20.2. The number of likely N-dealkylation sites (tertiary alicyclic amines) is 1. The summed E-state index contributed by atoms with van der Waals surface area (Å²) in [6, 6.07) is 18.3. The smallest absolute Gasteiger partial charge is 0.322 e. The van der Waals surface area contributed by atoms with Crippen LogP contribution < -0.4 is 10.2 Å². The predicted octanol–water partition coefficient (Wildman–Crippen LogP) is 4.94. The maximum absolute atomic E-state index is 12.9. The van der Waals surface area contributed by atoms with E-state index in [-0.39, 0.29) is 6.03 Å². The molecule has 0 aromatic heterocycles. The van der Waals surface area contributed by atoms with Gasteiger partial charge in [0.15, 0.2) is 0 Å². The van der Waals surface area contributed by atoms with Gasteiger partial charge in [-0.2, -0.15) is 0 Å². The van der Waals surface area contributed by atoms with E-state index < -0.39 is 0 Å². The first kappa shape index (κ1) is 21.0. The number of rotatable bonds is 5. The molecule has 0 radical (unpaired) electrons. The van der Waals surface area contributed by atoms with Crippen molar-refractivity contribution < 1.29 is 4.79 Å². The van der Waals surface area contributed by atoms with Gasteiger partial charge in [0.25, 0.3) is 0 Å². The van der Waals surface area contributed by atoms with Crippen LogP contribution in [0.1, 0.15) is 25.7 Å². The second-order valence-corrected chi connectivity index (χ2v) is 8.67. The van der Waals surface area contributed by atoms with Crippen molar-refractivity contribution in [3.63, 3.8) is 0 Å². The number of halogens is 1. The number of nitrogens with one attached hydrogen (secondary N) is 1. The largest absolute Gasteiger partial charge is 0.369 e. The summed E-state index contributed by atoms with van der Waals surface area (Å²) < 4.78 is 0. The number of urea groups is 1. The molecule has 0 spiro atoms. The van der Waals surface area contributed by atoms with E-state index in [1.807, 2.05) is 17.0 Å². The first-order chi connectivity index (χ1) is 14.7. The number of carbonyl (C=O) groups excluding carboxylic acids is 1. The van der Waals surface area contributed by atoms with Gasteiger partial charge in [-0.05, 0) is 62.1 Å². The quantitative estimate of drug-likeness (QED) is 0.736. The maximum Gasteiger partial charge on any atom is 0.322 e. The van der Waals surface area contributed by atoms with Crippen molar-refractivity contribution in [3.05, 3.63) is 59.6 Å². The molecular weight excluding hydrogens is 396 g/mol. The topological polar surface area (TPSA) is 38.8 Å². The van der Waals surface area contributed by atoms with Gasteiger partial charge in [0.05, 0.1) is 0 Å². The fourth-order valence-electron chi connectivity index (χ4n) is 4.50. The number of piperidine rings is 1. The van der Waals surface area contributed by atoms with E-state index >= 15 is 0 Å². The van der Waals surface area contributed by atoms with E-state index in [1.54, 1.807) is 12.1 Å². The molecule has 0 bridgehead atoms. The summed E-state index contributed by atoms with van der Waals surface area (Å²) >= 11 is 5.95. The Bertz CT molecular complexity index is 806.